The number of methoxy groups -OCH3 is 1. The van der Waals surface area contributed by atoms with Crippen molar-refractivity contribution >= 4 is 17.3 Å². The van der Waals surface area contributed by atoms with Gasteiger partial charge in [0.05, 0.1) is 19.2 Å². The fourth-order valence-electron chi connectivity index (χ4n) is 2.69. The molecule has 0 bridgehead atoms. The molecule has 0 aliphatic carbocycles. The minimum absolute atomic E-state index is 0.172. The van der Waals surface area contributed by atoms with Gasteiger partial charge in [0.2, 0.25) is 0 Å². The van der Waals surface area contributed by atoms with Crippen LogP contribution in [0.25, 0.3) is 0 Å². The van der Waals surface area contributed by atoms with Crippen LogP contribution >= 0.6 is 11.3 Å². The molecule has 21 heavy (non-hydrogen) atoms. The third-order valence-corrected chi connectivity index (χ3v) is 4.67. The molecule has 1 aliphatic rings. The Morgan fingerprint density at radius 1 is 1.52 bits per heavy atom. The first kappa shape index (κ1) is 16.3. The van der Waals surface area contributed by atoms with Crippen molar-refractivity contribution in [1.29, 1.82) is 0 Å². The van der Waals surface area contributed by atoms with Gasteiger partial charge in [-0.25, -0.2) is 0 Å². The minimum Gasteiger partial charge on any atom is -0.383 e. The highest BCUT2D eigenvalue weighted by atomic mass is 32.1. The van der Waals surface area contributed by atoms with Gasteiger partial charge in [-0.05, 0) is 44.3 Å². The van der Waals surface area contributed by atoms with E-state index in [4.69, 9.17) is 10.5 Å². The van der Waals surface area contributed by atoms with Crippen LogP contribution in [0.3, 0.4) is 0 Å². The van der Waals surface area contributed by atoms with Gasteiger partial charge < -0.3 is 15.8 Å². The van der Waals surface area contributed by atoms with Crippen LogP contribution in [0, 0.1) is 0 Å². The molecule has 1 saturated heterocycles. The van der Waals surface area contributed by atoms with Crippen LogP contribution in [0.4, 0.5) is 0 Å². The van der Waals surface area contributed by atoms with Gasteiger partial charge in [-0.3, -0.25) is 9.89 Å². The number of nitrogens with one attached hydrogen (secondary N) is 1. The van der Waals surface area contributed by atoms with Crippen LogP contribution in [-0.2, 0) is 4.74 Å². The van der Waals surface area contributed by atoms with E-state index in [1.54, 1.807) is 18.4 Å². The highest BCUT2D eigenvalue weighted by Crippen LogP contribution is 2.28. The van der Waals surface area contributed by atoms with Crippen molar-refractivity contribution in [2.45, 2.75) is 31.8 Å². The number of hydrogen-bond donors (Lipinski definition) is 2. The Bertz CT molecular complexity index is 429. The van der Waals surface area contributed by atoms with Crippen molar-refractivity contribution in [2.75, 3.05) is 33.4 Å². The summed E-state index contributed by atoms with van der Waals surface area (Å²) in [6, 6.07) is 4.83. The Morgan fingerprint density at radius 3 is 2.90 bits per heavy atom. The second-order valence-corrected chi connectivity index (χ2v) is 6.48. The van der Waals surface area contributed by atoms with E-state index in [9.17, 15) is 0 Å². The average Bonchev–Trinajstić information content (AvgIpc) is 3.12. The fourth-order valence-corrected chi connectivity index (χ4v) is 3.55. The van der Waals surface area contributed by atoms with E-state index in [1.165, 1.54) is 17.7 Å². The van der Waals surface area contributed by atoms with Crippen LogP contribution in [-0.4, -0.2) is 50.3 Å². The molecule has 0 amide bonds. The minimum atomic E-state index is 0.172. The van der Waals surface area contributed by atoms with Crippen molar-refractivity contribution in [3.63, 3.8) is 0 Å². The molecular weight excluding hydrogens is 284 g/mol. The molecule has 6 heteroatoms. The molecule has 0 spiro atoms. The lowest BCUT2D eigenvalue weighted by molar-refractivity contribution is 0.179. The van der Waals surface area contributed by atoms with E-state index >= 15 is 0 Å². The summed E-state index contributed by atoms with van der Waals surface area (Å²) in [5.74, 6) is 0.500. The largest absolute Gasteiger partial charge is 0.383 e. The topological polar surface area (TPSA) is 62.9 Å². The van der Waals surface area contributed by atoms with Gasteiger partial charge in [-0.1, -0.05) is 6.07 Å². The molecule has 1 aromatic rings. The van der Waals surface area contributed by atoms with Crippen LogP contribution in [0.15, 0.2) is 22.5 Å². The monoisotopic (exact) mass is 310 g/mol. The maximum atomic E-state index is 5.97. The Balaban J connectivity index is 1.95. The molecule has 5 nitrogen and oxygen atoms in total. The maximum absolute atomic E-state index is 5.97. The predicted octanol–water partition coefficient (Wildman–Crippen LogP) is 1.82. The molecule has 2 atom stereocenters. The molecule has 1 fully saturated rings. The summed E-state index contributed by atoms with van der Waals surface area (Å²) in [7, 11) is 1.69. The third kappa shape index (κ3) is 4.98. The Morgan fingerprint density at radius 2 is 2.29 bits per heavy atom. The van der Waals surface area contributed by atoms with Gasteiger partial charge in [-0.15, -0.1) is 11.3 Å². The highest BCUT2D eigenvalue weighted by Gasteiger charge is 2.24. The van der Waals surface area contributed by atoms with E-state index in [-0.39, 0.29) is 6.04 Å². The zero-order valence-electron chi connectivity index (χ0n) is 12.9. The Hall–Kier alpha value is -1.11. The molecule has 1 aliphatic heterocycles. The molecule has 0 radical (unpaired) electrons. The van der Waals surface area contributed by atoms with E-state index in [2.05, 4.69) is 32.7 Å². The highest BCUT2D eigenvalue weighted by molar-refractivity contribution is 7.10. The lowest BCUT2D eigenvalue weighted by atomic mass is 10.2. The van der Waals surface area contributed by atoms with Gasteiger partial charge in [0.15, 0.2) is 5.96 Å². The van der Waals surface area contributed by atoms with Gasteiger partial charge in [0, 0.05) is 18.0 Å². The SMILES string of the molecule is COCC(C)NC(N)=NCC(c1cccs1)N1CCCC1. The van der Waals surface area contributed by atoms with Gasteiger partial charge >= 0.3 is 0 Å². The molecule has 2 rings (SSSR count). The first-order valence-electron chi connectivity index (χ1n) is 7.53. The maximum Gasteiger partial charge on any atom is 0.188 e. The van der Waals surface area contributed by atoms with Gasteiger partial charge in [0.25, 0.3) is 0 Å². The summed E-state index contributed by atoms with van der Waals surface area (Å²) in [5.41, 5.74) is 5.97. The lowest BCUT2D eigenvalue weighted by Crippen LogP contribution is -2.41. The molecule has 0 saturated carbocycles. The van der Waals surface area contributed by atoms with Crippen LogP contribution in [0.5, 0.6) is 0 Å². The van der Waals surface area contributed by atoms with Crippen LogP contribution < -0.4 is 11.1 Å². The number of nitrogens with two attached hydrogens (primary N) is 1. The van der Waals surface area contributed by atoms with Crippen molar-refractivity contribution in [2.24, 2.45) is 10.7 Å². The summed E-state index contributed by atoms with van der Waals surface area (Å²) < 4.78 is 5.09. The molecule has 118 valence electrons. The standard InChI is InChI=1S/C15H26N4OS/c1-12(11-20-2)18-15(16)17-10-13(14-6-5-9-21-14)19-7-3-4-8-19/h5-6,9,12-13H,3-4,7-8,10-11H2,1-2H3,(H3,16,17,18). The second kappa shape index (κ2) is 8.36. The molecular formula is C15H26N4OS. The fraction of sp³-hybridized carbons (Fsp3) is 0.667. The number of thiophene rings is 1. The number of rotatable bonds is 7. The number of likely N-dealkylation sites (tertiary alicyclic amines) is 1. The number of nitrogens with zero attached hydrogens (tertiary/aromatic N) is 2. The molecule has 2 heterocycles. The Labute approximate surface area is 131 Å². The van der Waals surface area contributed by atoms with E-state index < -0.39 is 0 Å². The van der Waals surface area contributed by atoms with E-state index in [0.717, 1.165) is 13.1 Å². The second-order valence-electron chi connectivity index (χ2n) is 5.50. The summed E-state index contributed by atoms with van der Waals surface area (Å²) in [4.78, 5) is 8.43. The first-order valence-corrected chi connectivity index (χ1v) is 8.41. The Kier molecular flexibility index (Phi) is 6.48. The van der Waals surface area contributed by atoms with Crippen LogP contribution in [0.1, 0.15) is 30.7 Å². The molecule has 3 N–H and O–H groups in total. The number of ether oxygens (including phenoxy) is 1. The lowest BCUT2D eigenvalue weighted by Gasteiger charge is -2.25. The van der Waals surface area contributed by atoms with Crippen molar-refractivity contribution in [3.8, 4) is 0 Å². The van der Waals surface area contributed by atoms with Crippen molar-refractivity contribution < 1.29 is 4.74 Å². The smallest absolute Gasteiger partial charge is 0.188 e. The molecule has 0 aromatic carbocycles. The van der Waals surface area contributed by atoms with E-state index in [1.807, 2.05) is 6.92 Å². The summed E-state index contributed by atoms with van der Waals surface area (Å²) >= 11 is 1.80. The zero-order chi connectivity index (χ0) is 15.1. The summed E-state index contributed by atoms with van der Waals surface area (Å²) in [6.45, 7) is 5.68. The first-order chi connectivity index (χ1) is 10.2. The molecule has 1 aromatic heterocycles. The average molecular weight is 310 g/mol. The molecule has 2 unspecified atom stereocenters. The predicted molar refractivity (Wildman–Crippen MR) is 88.8 cm³/mol. The summed E-state index contributed by atoms with van der Waals surface area (Å²) in [5, 5.41) is 5.29. The van der Waals surface area contributed by atoms with Gasteiger partial charge in [0.1, 0.15) is 0 Å². The zero-order valence-corrected chi connectivity index (χ0v) is 13.7. The van der Waals surface area contributed by atoms with Crippen LogP contribution in [0.2, 0.25) is 0 Å². The number of guanidine groups is 1. The number of aliphatic imine (C=N–C) groups is 1. The van der Waals surface area contributed by atoms with Gasteiger partial charge in [-0.2, -0.15) is 0 Å². The third-order valence-electron chi connectivity index (χ3n) is 3.70. The normalized spacial score (nSPS) is 19.6. The van der Waals surface area contributed by atoms with Crippen molar-refractivity contribution in [1.82, 2.24) is 10.2 Å². The number of hydrogen-bond acceptors (Lipinski definition) is 4. The van der Waals surface area contributed by atoms with E-state index in [0.29, 0.717) is 25.2 Å². The summed E-state index contributed by atoms with van der Waals surface area (Å²) in [6.07, 6.45) is 2.56. The van der Waals surface area contributed by atoms with Crippen molar-refractivity contribution in [3.05, 3.63) is 22.4 Å². The quantitative estimate of drug-likeness (QED) is 0.596.